The Morgan fingerprint density at radius 3 is 2.71 bits per heavy atom. The van der Waals surface area contributed by atoms with Gasteiger partial charge in [0.1, 0.15) is 0 Å². The summed E-state index contributed by atoms with van der Waals surface area (Å²) in [6, 6.07) is 5.24. The number of esters is 1. The molecule has 1 rings (SSSR count). The van der Waals surface area contributed by atoms with Crippen LogP contribution in [0.5, 0.6) is 0 Å². The van der Waals surface area contributed by atoms with Crippen LogP contribution in [0, 0.1) is 16.0 Å². The molecular weight excluding hydrogens is 278 g/mol. The van der Waals surface area contributed by atoms with E-state index in [4.69, 9.17) is 0 Å². The summed E-state index contributed by atoms with van der Waals surface area (Å²) in [6.07, 6.45) is 0. The highest BCUT2D eigenvalue weighted by atomic mass is 16.6. The van der Waals surface area contributed by atoms with Crippen LogP contribution in [0.3, 0.4) is 0 Å². The number of non-ortho nitro benzene ring substituents is 1. The van der Waals surface area contributed by atoms with E-state index >= 15 is 0 Å². The average molecular weight is 295 g/mol. The first-order valence-electron chi connectivity index (χ1n) is 6.20. The Balaban J connectivity index is 2.68. The van der Waals surface area contributed by atoms with Crippen molar-refractivity contribution < 1.29 is 19.2 Å². The van der Waals surface area contributed by atoms with E-state index in [1.807, 2.05) is 0 Å². The van der Waals surface area contributed by atoms with Crippen LogP contribution in [-0.4, -0.2) is 37.6 Å². The van der Waals surface area contributed by atoms with Crippen molar-refractivity contribution in [3.8, 4) is 0 Å². The SMILES string of the molecule is COC(=O)[C@@H](C)CNC(=O)N(C)c1cccc([N+](=O)[O-])c1. The second-order valence-electron chi connectivity index (χ2n) is 4.45. The maximum atomic E-state index is 11.9. The van der Waals surface area contributed by atoms with Gasteiger partial charge in [0, 0.05) is 25.7 Å². The maximum Gasteiger partial charge on any atom is 0.321 e. The van der Waals surface area contributed by atoms with Gasteiger partial charge in [0.25, 0.3) is 5.69 Å². The number of carbonyl (C=O) groups excluding carboxylic acids is 2. The molecule has 1 aromatic rings. The number of hydrogen-bond acceptors (Lipinski definition) is 5. The first-order chi connectivity index (χ1) is 9.86. The molecule has 8 nitrogen and oxygen atoms in total. The molecule has 114 valence electrons. The molecule has 21 heavy (non-hydrogen) atoms. The monoisotopic (exact) mass is 295 g/mol. The van der Waals surface area contributed by atoms with E-state index in [1.54, 1.807) is 13.0 Å². The Morgan fingerprint density at radius 1 is 1.48 bits per heavy atom. The number of nitro benzene ring substituents is 1. The van der Waals surface area contributed by atoms with Crippen LogP contribution in [0.4, 0.5) is 16.2 Å². The van der Waals surface area contributed by atoms with Crippen LogP contribution < -0.4 is 10.2 Å². The molecule has 0 aliphatic heterocycles. The number of nitrogens with one attached hydrogen (secondary N) is 1. The molecule has 0 aliphatic rings. The Morgan fingerprint density at radius 2 is 2.14 bits per heavy atom. The zero-order valence-electron chi connectivity index (χ0n) is 12.0. The minimum Gasteiger partial charge on any atom is -0.469 e. The second kappa shape index (κ2) is 7.22. The van der Waals surface area contributed by atoms with Gasteiger partial charge in [-0.2, -0.15) is 0 Å². The Labute approximate surface area is 121 Å². The van der Waals surface area contributed by atoms with E-state index in [0.717, 1.165) is 0 Å². The zero-order valence-corrected chi connectivity index (χ0v) is 12.0. The summed E-state index contributed by atoms with van der Waals surface area (Å²) in [5.74, 6) is -0.897. The summed E-state index contributed by atoms with van der Waals surface area (Å²) >= 11 is 0. The fourth-order valence-corrected chi connectivity index (χ4v) is 1.58. The molecule has 0 heterocycles. The zero-order chi connectivity index (χ0) is 16.0. The van der Waals surface area contributed by atoms with Gasteiger partial charge in [-0.1, -0.05) is 13.0 Å². The van der Waals surface area contributed by atoms with Gasteiger partial charge in [-0.15, -0.1) is 0 Å². The number of urea groups is 1. The topological polar surface area (TPSA) is 102 Å². The molecule has 0 radical (unpaired) electrons. The summed E-state index contributed by atoms with van der Waals surface area (Å²) in [4.78, 5) is 34.6. The fourth-order valence-electron chi connectivity index (χ4n) is 1.58. The summed E-state index contributed by atoms with van der Waals surface area (Å²) in [6.45, 7) is 1.74. The Bertz CT molecular complexity index is 546. The van der Waals surface area contributed by atoms with E-state index in [-0.39, 0.29) is 12.2 Å². The molecule has 8 heteroatoms. The van der Waals surface area contributed by atoms with Gasteiger partial charge < -0.3 is 10.1 Å². The molecule has 2 amide bonds. The van der Waals surface area contributed by atoms with Crippen LogP contribution in [-0.2, 0) is 9.53 Å². The predicted octanol–water partition coefficient (Wildman–Crippen LogP) is 1.55. The molecular formula is C13H17N3O5. The van der Waals surface area contributed by atoms with Crippen molar-refractivity contribution in [2.45, 2.75) is 6.92 Å². The van der Waals surface area contributed by atoms with Gasteiger partial charge in [0.05, 0.1) is 23.6 Å². The standard InChI is InChI=1S/C13H17N3O5/c1-9(12(17)21-3)8-14-13(18)15(2)10-5-4-6-11(7-10)16(19)20/h4-7,9H,8H2,1-3H3,(H,14,18)/t9-/m0/s1. The van der Waals surface area contributed by atoms with Gasteiger partial charge in [-0.3, -0.25) is 19.8 Å². The normalized spacial score (nSPS) is 11.4. The molecule has 1 N–H and O–H groups in total. The van der Waals surface area contributed by atoms with Crippen LogP contribution in [0.25, 0.3) is 0 Å². The number of amides is 2. The molecule has 0 bridgehead atoms. The number of anilines is 1. The molecule has 0 unspecified atom stereocenters. The highest BCUT2D eigenvalue weighted by Crippen LogP contribution is 2.20. The number of methoxy groups -OCH3 is 1. The lowest BCUT2D eigenvalue weighted by Gasteiger charge is -2.19. The van der Waals surface area contributed by atoms with Gasteiger partial charge in [-0.25, -0.2) is 4.79 Å². The van der Waals surface area contributed by atoms with Gasteiger partial charge >= 0.3 is 12.0 Å². The molecule has 0 saturated carbocycles. The lowest BCUT2D eigenvalue weighted by molar-refractivity contribution is -0.384. The Kier molecular flexibility index (Phi) is 5.65. The highest BCUT2D eigenvalue weighted by molar-refractivity contribution is 5.92. The average Bonchev–Trinajstić information content (AvgIpc) is 2.50. The number of benzene rings is 1. The third kappa shape index (κ3) is 4.44. The van der Waals surface area contributed by atoms with Crippen LogP contribution >= 0.6 is 0 Å². The summed E-state index contributed by atoms with van der Waals surface area (Å²) in [7, 11) is 2.76. The van der Waals surface area contributed by atoms with Crippen molar-refractivity contribution in [3.63, 3.8) is 0 Å². The number of rotatable bonds is 5. The third-order valence-electron chi connectivity index (χ3n) is 2.90. The van der Waals surface area contributed by atoms with Gasteiger partial charge in [-0.05, 0) is 6.07 Å². The van der Waals surface area contributed by atoms with Crippen LogP contribution in [0.2, 0.25) is 0 Å². The summed E-state index contributed by atoms with van der Waals surface area (Å²) in [5.41, 5.74) is 0.280. The minimum atomic E-state index is -0.533. The lowest BCUT2D eigenvalue weighted by atomic mass is 10.2. The van der Waals surface area contributed by atoms with Crippen molar-refractivity contribution in [2.75, 3.05) is 25.6 Å². The highest BCUT2D eigenvalue weighted by Gasteiger charge is 2.17. The van der Waals surface area contributed by atoms with E-state index in [2.05, 4.69) is 10.1 Å². The second-order valence-corrected chi connectivity index (χ2v) is 4.45. The first-order valence-corrected chi connectivity index (χ1v) is 6.20. The van der Waals surface area contributed by atoms with Gasteiger partial charge in [0.15, 0.2) is 0 Å². The molecule has 0 saturated heterocycles. The van der Waals surface area contributed by atoms with Crippen molar-refractivity contribution in [1.29, 1.82) is 0 Å². The quantitative estimate of drug-likeness (QED) is 0.504. The fraction of sp³-hybridized carbons (Fsp3) is 0.385. The van der Waals surface area contributed by atoms with E-state index in [9.17, 15) is 19.7 Å². The summed E-state index contributed by atoms with van der Waals surface area (Å²) < 4.78 is 4.55. The molecule has 0 aromatic heterocycles. The first kappa shape index (κ1) is 16.4. The molecule has 0 fully saturated rings. The predicted molar refractivity (Wildman–Crippen MR) is 76.1 cm³/mol. The van der Waals surface area contributed by atoms with E-state index in [1.165, 1.54) is 37.3 Å². The largest absolute Gasteiger partial charge is 0.469 e. The van der Waals surface area contributed by atoms with E-state index < -0.39 is 22.8 Å². The van der Waals surface area contributed by atoms with Gasteiger partial charge in [0.2, 0.25) is 0 Å². The lowest BCUT2D eigenvalue weighted by Crippen LogP contribution is -2.40. The van der Waals surface area contributed by atoms with Crippen molar-refractivity contribution in [1.82, 2.24) is 5.32 Å². The van der Waals surface area contributed by atoms with Crippen molar-refractivity contribution in [3.05, 3.63) is 34.4 Å². The molecule has 0 aliphatic carbocycles. The number of nitro groups is 1. The number of ether oxygens (including phenoxy) is 1. The molecule has 1 atom stereocenters. The van der Waals surface area contributed by atoms with Crippen molar-refractivity contribution >= 4 is 23.4 Å². The van der Waals surface area contributed by atoms with Crippen molar-refractivity contribution in [2.24, 2.45) is 5.92 Å². The van der Waals surface area contributed by atoms with Crippen LogP contribution in [0.1, 0.15) is 6.92 Å². The number of carbonyl (C=O) groups is 2. The molecule has 0 spiro atoms. The Hall–Kier alpha value is -2.64. The van der Waals surface area contributed by atoms with Crippen LogP contribution in [0.15, 0.2) is 24.3 Å². The minimum absolute atomic E-state index is 0.102. The summed E-state index contributed by atoms with van der Waals surface area (Å²) in [5, 5.41) is 13.3. The van der Waals surface area contributed by atoms with E-state index in [0.29, 0.717) is 5.69 Å². The number of nitrogens with zero attached hydrogens (tertiary/aromatic N) is 2. The number of hydrogen-bond donors (Lipinski definition) is 1. The molecule has 1 aromatic carbocycles. The maximum absolute atomic E-state index is 11.9. The smallest absolute Gasteiger partial charge is 0.321 e. The third-order valence-corrected chi connectivity index (χ3v) is 2.90.